The van der Waals surface area contributed by atoms with Gasteiger partial charge >= 0.3 is 0 Å². The van der Waals surface area contributed by atoms with Gasteiger partial charge in [0.2, 0.25) is 11.8 Å². The summed E-state index contributed by atoms with van der Waals surface area (Å²) in [5, 5.41) is 2.89. The number of amides is 2. The van der Waals surface area contributed by atoms with Crippen molar-refractivity contribution in [3.8, 4) is 0 Å². The van der Waals surface area contributed by atoms with Gasteiger partial charge in [0.15, 0.2) is 0 Å². The van der Waals surface area contributed by atoms with Gasteiger partial charge < -0.3 is 10.2 Å². The second kappa shape index (κ2) is 9.76. The number of benzene rings is 2. The zero-order valence-electron chi connectivity index (χ0n) is 15.9. The molecule has 0 spiro atoms. The van der Waals surface area contributed by atoms with Gasteiger partial charge in [0.1, 0.15) is 6.04 Å². The molecule has 0 aliphatic heterocycles. The molecule has 0 fully saturated rings. The highest BCUT2D eigenvalue weighted by Gasteiger charge is 2.29. The molecule has 2 rings (SSSR count). The van der Waals surface area contributed by atoms with Gasteiger partial charge in [-0.3, -0.25) is 9.59 Å². The van der Waals surface area contributed by atoms with Gasteiger partial charge in [-0.25, -0.2) is 0 Å². The molecule has 0 radical (unpaired) electrons. The quantitative estimate of drug-likeness (QED) is 0.791. The van der Waals surface area contributed by atoms with Crippen LogP contribution >= 0.6 is 0 Å². The van der Waals surface area contributed by atoms with E-state index in [0.29, 0.717) is 25.9 Å². The van der Waals surface area contributed by atoms with Crippen molar-refractivity contribution in [2.24, 2.45) is 0 Å². The third-order valence-electron chi connectivity index (χ3n) is 4.53. The fourth-order valence-corrected chi connectivity index (χ4v) is 3.02. The average Bonchev–Trinajstić information content (AvgIpc) is 2.66. The Morgan fingerprint density at radius 1 is 1.00 bits per heavy atom. The lowest BCUT2D eigenvalue weighted by Crippen LogP contribution is -2.50. The third-order valence-corrected chi connectivity index (χ3v) is 4.53. The Kier molecular flexibility index (Phi) is 7.39. The van der Waals surface area contributed by atoms with Crippen molar-refractivity contribution in [2.45, 2.75) is 46.2 Å². The number of rotatable bonds is 8. The number of hydrogen-bond acceptors (Lipinski definition) is 2. The lowest BCUT2D eigenvalue weighted by atomic mass is 10.0. The second-order valence-corrected chi connectivity index (χ2v) is 6.40. The van der Waals surface area contributed by atoms with Gasteiger partial charge in [0, 0.05) is 25.9 Å². The summed E-state index contributed by atoms with van der Waals surface area (Å²) >= 11 is 0. The minimum absolute atomic E-state index is 0.0135. The molecule has 26 heavy (non-hydrogen) atoms. The minimum Gasteiger partial charge on any atom is -0.355 e. The van der Waals surface area contributed by atoms with Crippen LogP contribution in [0.25, 0.3) is 0 Å². The van der Waals surface area contributed by atoms with Crippen LogP contribution in [0.2, 0.25) is 0 Å². The first-order chi connectivity index (χ1) is 12.6. The molecule has 0 aliphatic carbocycles. The van der Waals surface area contributed by atoms with E-state index < -0.39 is 6.04 Å². The highest BCUT2D eigenvalue weighted by molar-refractivity contribution is 5.87. The van der Waals surface area contributed by atoms with Crippen LogP contribution in [-0.2, 0) is 22.6 Å². The molecule has 2 aromatic rings. The summed E-state index contributed by atoms with van der Waals surface area (Å²) in [5.41, 5.74) is 3.23. The maximum atomic E-state index is 12.8. The van der Waals surface area contributed by atoms with Crippen LogP contribution in [0.3, 0.4) is 0 Å². The SMILES string of the molecule is CCNC(=O)[C@@H](Cc1ccccc1)N(Cc1ccccc1C)C(=O)CC. The Bertz CT molecular complexity index is 728. The third kappa shape index (κ3) is 5.19. The molecule has 0 aromatic heterocycles. The summed E-state index contributed by atoms with van der Waals surface area (Å²) < 4.78 is 0. The molecule has 138 valence electrons. The van der Waals surface area contributed by atoms with Crippen molar-refractivity contribution in [1.82, 2.24) is 10.2 Å². The van der Waals surface area contributed by atoms with E-state index in [9.17, 15) is 9.59 Å². The zero-order chi connectivity index (χ0) is 18.9. The monoisotopic (exact) mass is 352 g/mol. The normalized spacial score (nSPS) is 11.7. The first kappa shape index (κ1) is 19.7. The Morgan fingerprint density at radius 2 is 1.65 bits per heavy atom. The van der Waals surface area contributed by atoms with Crippen molar-refractivity contribution < 1.29 is 9.59 Å². The van der Waals surface area contributed by atoms with Crippen LogP contribution < -0.4 is 5.32 Å². The van der Waals surface area contributed by atoms with E-state index >= 15 is 0 Å². The average molecular weight is 352 g/mol. The number of likely N-dealkylation sites (N-methyl/N-ethyl adjacent to an activating group) is 1. The molecule has 2 aromatic carbocycles. The van der Waals surface area contributed by atoms with Crippen molar-refractivity contribution in [2.75, 3.05) is 6.54 Å². The van der Waals surface area contributed by atoms with Crippen LogP contribution in [0.15, 0.2) is 54.6 Å². The summed E-state index contributed by atoms with van der Waals surface area (Å²) in [5.74, 6) is -0.118. The van der Waals surface area contributed by atoms with Crippen molar-refractivity contribution in [3.05, 3.63) is 71.3 Å². The predicted molar refractivity (Wildman–Crippen MR) is 105 cm³/mol. The van der Waals surface area contributed by atoms with Crippen LogP contribution in [0.4, 0.5) is 0 Å². The highest BCUT2D eigenvalue weighted by Crippen LogP contribution is 2.17. The summed E-state index contributed by atoms with van der Waals surface area (Å²) in [6.45, 7) is 6.74. The molecule has 0 heterocycles. The maximum absolute atomic E-state index is 12.8. The smallest absolute Gasteiger partial charge is 0.243 e. The first-order valence-corrected chi connectivity index (χ1v) is 9.22. The standard InChI is InChI=1S/C22H28N2O2/c1-4-21(25)24(16-19-14-10-9-11-17(19)3)20(22(26)23-5-2)15-18-12-7-6-8-13-18/h6-14,20H,4-5,15-16H2,1-3H3,(H,23,26)/t20-/m1/s1. The first-order valence-electron chi connectivity index (χ1n) is 9.22. The molecule has 0 bridgehead atoms. The van der Waals surface area contributed by atoms with Gasteiger partial charge in [0.25, 0.3) is 0 Å². The number of hydrogen-bond donors (Lipinski definition) is 1. The van der Waals surface area contributed by atoms with E-state index in [1.807, 2.05) is 75.4 Å². The van der Waals surface area contributed by atoms with Crippen LogP contribution in [0, 0.1) is 6.92 Å². The number of carbonyl (C=O) groups excluding carboxylic acids is 2. The number of carbonyl (C=O) groups is 2. The highest BCUT2D eigenvalue weighted by atomic mass is 16.2. The van der Waals surface area contributed by atoms with Gasteiger partial charge in [-0.2, -0.15) is 0 Å². The van der Waals surface area contributed by atoms with Gasteiger partial charge in [-0.15, -0.1) is 0 Å². The van der Waals surface area contributed by atoms with E-state index in [-0.39, 0.29) is 11.8 Å². The predicted octanol–water partition coefficient (Wildman–Crippen LogP) is 3.48. The second-order valence-electron chi connectivity index (χ2n) is 6.40. The Hall–Kier alpha value is -2.62. The number of nitrogens with zero attached hydrogens (tertiary/aromatic N) is 1. The van der Waals surface area contributed by atoms with Gasteiger partial charge in [0.05, 0.1) is 0 Å². The molecule has 0 aliphatic rings. The summed E-state index contributed by atoms with van der Waals surface area (Å²) in [6.07, 6.45) is 0.876. The largest absolute Gasteiger partial charge is 0.355 e. The molecule has 2 amide bonds. The molecule has 0 saturated carbocycles. The number of nitrogens with one attached hydrogen (secondary N) is 1. The fraction of sp³-hybridized carbons (Fsp3) is 0.364. The Balaban J connectivity index is 2.35. The van der Waals surface area contributed by atoms with E-state index in [1.165, 1.54) is 0 Å². The van der Waals surface area contributed by atoms with Crippen molar-refractivity contribution in [1.29, 1.82) is 0 Å². The summed E-state index contributed by atoms with van der Waals surface area (Å²) in [7, 11) is 0. The summed E-state index contributed by atoms with van der Waals surface area (Å²) in [6, 6.07) is 17.3. The molecule has 4 nitrogen and oxygen atoms in total. The number of aryl methyl sites for hydroxylation is 1. The van der Waals surface area contributed by atoms with Gasteiger partial charge in [-0.05, 0) is 30.5 Å². The fourth-order valence-electron chi connectivity index (χ4n) is 3.02. The van der Waals surface area contributed by atoms with Gasteiger partial charge in [-0.1, -0.05) is 61.5 Å². The zero-order valence-corrected chi connectivity index (χ0v) is 15.9. The molecular weight excluding hydrogens is 324 g/mol. The van der Waals surface area contributed by atoms with Crippen LogP contribution in [0.1, 0.15) is 37.0 Å². The summed E-state index contributed by atoms with van der Waals surface area (Å²) in [4.78, 5) is 27.2. The van der Waals surface area contributed by atoms with Crippen LogP contribution in [-0.4, -0.2) is 29.3 Å². The lowest BCUT2D eigenvalue weighted by molar-refractivity contribution is -0.141. The molecule has 0 unspecified atom stereocenters. The molecule has 1 N–H and O–H groups in total. The van der Waals surface area contributed by atoms with E-state index in [2.05, 4.69) is 5.32 Å². The Morgan fingerprint density at radius 3 is 2.27 bits per heavy atom. The van der Waals surface area contributed by atoms with Crippen LogP contribution in [0.5, 0.6) is 0 Å². The van der Waals surface area contributed by atoms with Crippen molar-refractivity contribution >= 4 is 11.8 Å². The molecule has 0 saturated heterocycles. The lowest BCUT2D eigenvalue weighted by Gasteiger charge is -2.31. The maximum Gasteiger partial charge on any atom is 0.243 e. The molecule has 4 heteroatoms. The van der Waals surface area contributed by atoms with E-state index in [0.717, 1.165) is 16.7 Å². The van der Waals surface area contributed by atoms with E-state index in [4.69, 9.17) is 0 Å². The van der Waals surface area contributed by atoms with Crippen molar-refractivity contribution in [3.63, 3.8) is 0 Å². The molecule has 1 atom stereocenters. The Labute approximate surface area is 156 Å². The molecular formula is C22H28N2O2. The minimum atomic E-state index is -0.524. The topological polar surface area (TPSA) is 49.4 Å². The van der Waals surface area contributed by atoms with E-state index in [1.54, 1.807) is 4.90 Å².